The van der Waals surface area contributed by atoms with Gasteiger partial charge in [-0.05, 0) is 54.6 Å². The fraction of sp³-hybridized carbons (Fsp3) is 0.481. The number of alkyl carbamates (subject to hydrolysis) is 1. The van der Waals surface area contributed by atoms with Crippen molar-refractivity contribution < 1.29 is 14.3 Å². The molecule has 6 heteroatoms. The van der Waals surface area contributed by atoms with Gasteiger partial charge in [0.25, 0.3) is 0 Å². The average Bonchev–Trinajstić information content (AvgIpc) is 2.82. The Morgan fingerprint density at radius 3 is 2.58 bits per heavy atom. The van der Waals surface area contributed by atoms with Crippen LogP contribution in [-0.4, -0.2) is 43.3 Å². The molecule has 3 saturated heterocycles. The third-order valence-corrected chi connectivity index (χ3v) is 7.39. The summed E-state index contributed by atoms with van der Waals surface area (Å²) in [5.74, 6) is 1.28. The van der Waals surface area contributed by atoms with Crippen LogP contribution in [0.4, 0.5) is 4.79 Å². The van der Waals surface area contributed by atoms with E-state index in [4.69, 9.17) is 14.7 Å². The standard InChI is InChI=1S/C27H31N3O3/c1-27(2)17-32-23-15-21(19-5-3-18(4-6-19)9-12-28)7-8-22(23)25(27)29-26(31)33-24-16-30-13-10-20(24)11-14-30/h3-8,15,20,24-25H,9-11,13-14,16-17H2,1-2H3,(H,29,31)/t24-,25?/m1/s1. The molecule has 33 heavy (non-hydrogen) atoms. The zero-order chi connectivity index (χ0) is 23.0. The van der Waals surface area contributed by atoms with Crippen LogP contribution < -0.4 is 10.1 Å². The quantitative estimate of drug-likeness (QED) is 0.738. The summed E-state index contributed by atoms with van der Waals surface area (Å²) < 4.78 is 12.0. The molecule has 4 aliphatic rings. The summed E-state index contributed by atoms with van der Waals surface area (Å²) in [7, 11) is 0. The molecule has 2 bridgehead atoms. The largest absolute Gasteiger partial charge is 0.493 e. The highest BCUT2D eigenvalue weighted by molar-refractivity contribution is 5.70. The van der Waals surface area contributed by atoms with E-state index in [0.29, 0.717) is 18.9 Å². The number of amides is 1. The molecule has 4 heterocycles. The number of hydrogen-bond donors (Lipinski definition) is 1. The fourth-order valence-electron chi connectivity index (χ4n) is 5.36. The van der Waals surface area contributed by atoms with Crippen LogP contribution in [0.3, 0.4) is 0 Å². The topological polar surface area (TPSA) is 74.6 Å². The molecule has 3 fully saturated rings. The molecule has 2 aromatic rings. The first-order valence-electron chi connectivity index (χ1n) is 11.9. The fourth-order valence-corrected chi connectivity index (χ4v) is 5.36. The first-order chi connectivity index (χ1) is 15.9. The van der Waals surface area contributed by atoms with Gasteiger partial charge >= 0.3 is 6.09 Å². The Labute approximate surface area is 195 Å². The summed E-state index contributed by atoms with van der Waals surface area (Å²) in [4.78, 5) is 15.3. The van der Waals surface area contributed by atoms with E-state index in [1.54, 1.807) is 0 Å². The number of ether oxygens (including phenoxy) is 2. The molecule has 0 aliphatic carbocycles. The summed E-state index contributed by atoms with van der Waals surface area (Å²) in [6.07, 6.45) is 2.29. The summed E-state index contributed by atoms with van der Waals surface area (Å²) >= 11 is 0. The second-order valence-electron chi connectivity index (χ2n) is 10.2. The molecule has 1 N–H and O–H groups in total. The maximum Gasteiger partial charge on any atom is 0.407 e. The van der Waals surface area contributed by atoms with Crippen molar-refractivity contribution in [3.05, 3.63) is 53.6 Å². The van der Waals surface area contributed by atoms with Gasteiger partial charge in [-0.25, -0.2) is 4.79 Å². The number of nitrogens with one attached hydrogen (secondary N) is 1. The van der Waals surface area contributed by atoms with Crippen LogP contribution in [0.15, 0.2) is 42.5 Å². The van der Waals surface area contributed by atoms with Gasteiger partial charge in [-0.15, -0.1) is 0 Å². The van der Waals surface area contributed by atoms with Gasteiger partial charge in [-0.1, -0.05) is 50.2 Å². The molecule has 6 nitrogen and oxygen atoms in total. The van der Waals surface area contributed by atoms with Crippen molar-refractivity contribution in [3.63, 3.8) is 0 Å². The lowest BCUT2D eigenvalue weighted by Crippen LogP contribution is -2.53. The Morgan fingerprint density at radius 1 is 1.18 bits per heavy atom. The molecule has 0 radical (unpaired) electrons. The molecule has 2 aromatic carbocycles. The normalized spacial score (nSPS) is 27.1. The van der Waals surface area contributed by atoms with Gasteiger partial charge in [-0.3, -0.25) is 4.90 Å². The van der Waals surface area contributed by atoms with Gasteiger partial charge in [0.2, 0.25) is 0 Å². The van der Waals surface area contributed by atoms with Crippen LogP contribution >= 0.6 is 0 Å². The van der Waals surface area contributed by atoms with Crippen molar-refractivity contribution in [2.75, 3.05) is 26.2 Å². The van der Waals surface area contributed by atoms with E-state index in [9.17, 15) is 4.79 Å². The van der Waals surface area contributed by atoms with Crippen molar-refractivity contribution in [1.29, 1.82) is 5.26 Å². The van der Waals surface area contributed by atoms with E-state index in [0.717, 1.165) is 60.5 Å². The van der Waals surface area contributed by atoms with E-state index >= 15 is 0 Å². The minimum atomic E-state index is -0.336. The van der Waals surface area contributed by atoms with Crippen molar-refractivity contribution >= 4 is 6.09 Å². The Hall–Kier alpha value is -3.04. The minimum absolute atomic E-state index is 0.0127. The molecule has 1 amide bonds. The Bertz CT molecular complexity index is 1070. The third-order valence-electron chi connectivity index (χ3n) is 7.39. The van der Waals surface area contributed by atoms with Crippen LogP contribution in [0.5, 0.6) is 5.75 Å². The van der Waals surface area contributed by atoms with Gasteiger partial charge < -0.3 is 14.8 Å². The first-order valence-corrected chi connectivity index (χ1v) is 11.9. The molecular formula is C27H31N3O3. The summed E-state index contributed by atoms with van der Waals surface area (Å²) in [6.45, 7) is 7.82. The van der Waals surface area contributed by atoms with Crippen molar-refractivity contribution in [1.82, 2.24) is 10.2 Å². The Balaban J connectivity index is 1.33. The van der Waals surface area contributed by atoms with Crippen LogP contribution in [0.2, 0.25) is 0 Å². The highest BCUT2D eigenvalue weighted by Crippen LogP contribution is 2.44. The maximum absolute atomic E-state index is 12.9. The van der Waals surface area contributed by atoms with E-state index in [1.807, 2.05) is 36.4 Å². The van der Waals surface area contributed by atoms with Crippen LogP contribution in [0.25, 0.3) is 11.1 Å². The Kier molecular flexibility index (Phi) is 5.76. The van der Waals surface area contributed by atoms with E-state index in [-0.39, 0.29) is 23.7 Å². The monoisotopic (exact) mass is 445 g/mol. The number of benzene rings is 2. The number of nitrogens with zero attached hydrogens (tertiary/aromatic N) is 2. The van der Waals surface area contributed by atoms with E-state index < -0.39 is 0 Å². The third kappa shape index (κ3) is 4.43. The number of piperidine rings is 3. The van der Waals surface area contributed by atoms with E-state index in [2.05, 4.69) is 36.2 Å². The highest BCUT2D eigenvalue weighted by atomic mass is 16.6. The minimum Gasteiger partial charge on any atom is -0.493 e. The summed E-state index contributed by atoms with van der Waals surface area (Å²) in [5.41, 5.74) is 3.83. The van der Waals surface area contributed by atoms with Gasteiger partial charge in [0.05, 0.1) is 25.1 Å². The summed E-state index contributed by atoms with van der Waals surface area (Å²) in [5, 5.41) is 12.0. The highest BCUT2D eigenvalue weighted by Gasteiger charge is 2.41. The molecule has 0 saturated carbocycles. The zero-order valence-electron chi connectivity index (χ0n) is 19.3. The number of carbonyl (C=O) groups excluding carboxylic acids is 1. The molecule has 6 rings (SSSR count). The molecular weight excluding hydrogens is 414 g/mol. The van der Waals surface area contributed by atoms with Crippen molar-refractivity contribution in [3.8, 4) is 22.9 Å². The lowest BCUT2D eigenvalue weighted by Gasteiger charge is -2.44. The molecule has 0 aromatic heterocycles. The van der Waals surface area contributed by atoms with Gasteiger partial charge in [0.1, 0.15) is 11.9 Å². The van der Waals surface area contributed by atoms with E-state index in [1.165, 1.54) is 0 Å². The van der Waals surface area contributed by atoms with Crippen LogP contribution in [-0.2, 0) is 11.2 Å². The second kappa shape index (κ2) is 8.72. The number of nitriles is 1. The number of hydrogen-bond acceptors (Lipinski definition) is 5. The van der Waals surface area contributed by atoms with Crippen molar-refractivity contribution in [2.24, 2.45) is 11.3 Å². The van der Waals surface area contributed by atoms with Gasteiger partial charge in [0.15, 0.2) is 0 Å². The molecule has 1 unspecified atom stereocenters. The number of rotatable bonds is 4. The predicted molar refractivity (Wildman–Crippen MR) is 126 cm³/mol. The number of carbonyl (C=O) groups is 1. The zero-order valence-corrected chi connectivity index (χ0v) is 19.3. The molecule has 0 spiro atoms. The predicted octanol–water partition coefficient (Wildman–Crippen LogP) is 4.70. The van der Waals surface area contributed by atoms with Gasteiger partial charge in [0, 0.05) is 17.5 Å². The smallest absolute Gasteiger partial charge is 0.407 e. The lowest BCUT2D eigenvalue weighted by atomic mass is 9.78. The second-order valence-corrected chi connectivity index (χ2v) is 10.2. The van der Waals surface area contributed by atoms with Crippen LogP contribution in [0.1, 0.15) is 43.9 Å². The van der Waals surface area contributed by atoms with Crippen LogP contribution in [0, 0.1) is 22.7 Å². The number of fused-ring (bicyclic) bond motifs is 4. The SMILES string of the molecule is CC1(C)COc2cc(-c3ccc(CC#N)cc3)ccc2C1NC(=O)O[C@@H]1CN2CCC1CC2. The maximum atomic E-state index is 12.9. The summed E-state index contributed by atoms with van der Waals surface area (Å²) in [6, 6.07) is 16.2. The molecule has 2 atom stereocenters. The van der Waals surface area contributed by atoms with Crippen molar-refractivity contribution in [2.45, 2.75) is 45.3 Å². The van der Waals surface area contributed by atoms with Gasteiger partial charge in [-0.2, -0.15) is 5.26 Å². The Morgan fingerprint density at radius 2 is 1.91 bits per heavy atom. The first kappa shape index (κ1) is 21.8. The molecule has 4 aliphatic heterocycles. The molecule has 172 valence electrons. The lowest BCUT2D eigenvalue weighted by molar-refractivity contribution is -0.0361. The average molecular weight is 446 g/mol.